The van der Waals surface area contributed by atoms with Crippen LogP contribution < -0.4 is 10.5 Å². The zero-order chi connectivity index (χ0) is 13.8. The van der Waals surface area contributed by atoms with Crippen molar-refractivity contribution in [1.82, 2.24) is 9.97 Å². The van der Waals surface area contributed by atoms with E-state index in [1.807, 2.05) is 24.3 Å². The zero-order valence-electron chi connectivity index (χ0n) is 10.5. The van der Waals surface area contributed by atoms with Crippen LogP contribution in [0.1, 0.15) is 18.3 Å². The predicted molar refractivity (Wildman–Crippen MR) is 69.8 cm³/mol. The molecule has 1 atom stereocenters. The largest absolute Gasteiger partial charge is 0.497 e. The van der Waals surface area contributed by atoms with E-state index in [1.165, 1.54) is 0 Å². The zero-order valence-corrected chi connectivity index (χ0v) is 10.5. The van der Waals surface area contributed by atoms with Gasteiger partial charge in [-0.05, 0) is 12.1 Å². The third-order valence-electron chi connectivity index (χ3n) is 2.72. The third kappa shape index (κ3) is 3.11. The maximum Gasteiger partial charge on any atom is 0.305 e. The van der Waals surface area contributed by atoms with Crippen LogP contribution in [0.4, 0.5) is 0 Å². The molecule has 0 aliphatic heterocycles. The minimum atomic E-state index is -0.952. The molecular formula is C13H15N3O3. The monoisotopic (exact) mass is 261 g/mol. The molecular weight excluding hydrogens is 246 g/mol. The summed E-state index contributed by atoms with van der Waals surface area (Å²) < 4.78 is 5.15. The summed E-state index contributed by atoms with van der Waals surface area (Å²) in [4.78, 5) is 17.8. The first kappa shape index (κ1) is 13.1. The van der Waals surface area contributed by atoms with Crippen molar-refractivity contribution >= 4 is 5.97 Å². The van der Waals surface area contributed by atoms with Gasteiger partial charge in [0.1, 0.15) is 11.6 Å². The van der Waals surface area contributed by atoms with Crippen molar-refractivity contribution in [2.24, 2.45) is 5.73 Å². The van der Waals surface area contributed by atoms with Gasteiger partial charge >= 0.3 is 5.97 Å². The van der Waals surface area contributed by atoms with Gasteiger partial charge in [-0.15, -0.1) is 0 Å². The van der Waals surface area contributed by atoms with Crippen molar-refractivity contribution in [1.29, 1.82) is 0 Å². The maximum absolute atomic E-state index is 10.6. The number of nitrogens with zero attached hydrogens (tertiary/aromatic N) is 1. The van der Waals surface area contributed by atoms with E-state index in [9.17, 15) is 4.79 Å². The molecule has 0 saturated heterocycles. The first-order valence-electron chi connectivity index (χ1n) is 5.77. The Kier molecular flexibility index (Phi) is 3.82. The number of carboxylic acid groups (broad SMARTS) is 1. The number of ether oxygens (including phenoxy) is 1. The van der Waals surface area contributed by atoms with E-state index in [1.54, 1.807) is 13.3 Å². The Morgan fingerprint density at radius 3 is 3.05 bits per heavy atom. The van der Waals surface area contributed by atoms with Crippen molar-refractivity contribution in [3.8, 4) is 17.0 Å². The highest BCUT2D eigenvalue weighted by molar-refractivity contribution is 5.67. The van der Waals surface area contributed by atoms with Gasteiger partial charge in [-0.1, -0.05) is 12.1 Å². The number of carbonyl (C=O) groups is 1. The Bertz CT molecular complexity index is 580. The van der Waals surface area contributed by atoms with Gasteiger partial charge in [0, 0.05) is 5.56 Å². The van der Waals surface area contributed by atoms with Crippen LogP contribution in [0.3, 0.4) is 0 Å². The number of methoxy groups -OCH3 is 1. The number of hydrogen-bond acceptors (Lipinski definition) is 4. The van der Waals surface area contributed by atoms with E-state index in [-0.39, 0.29) is 6.42 Å². The fourth-order valence-corrected chi connectivity index (χ4v) is 1.75. The number of aliphatic carboxylic acids is 1. The molecule has 1 unspecified atom stereocenters. The van der Waals surface area contributed by atoms with E-state index in [0.29, 0.717) is 5.82 Å². The van der Waals surface area contributed by atoms with Crippen LogP contribution >= 0.6 is 0 Å². The third-order valence-corrected chi connectivity index (χ3v) is 2.72. The molecule has 0 aliphatic carbocycles. The van der Waals surface area contributed by atoms with E-state index in [0.717, 1.165) is 17.0 Å². The van der Waals surface area contributed by atoms with Crippen LogP contribution in [0.2, 0.25) is 0 Å². The van der Waals surface area contributed by atoms with Crippen LogP contribution in [0.15, 0.2) is 30.5 Å². The average molecular weight is 261 g/mol. The molecule has 1 aromatic heterocycles. The van der Waals surface area contributed by atoms with Gasteiger partial charge in [-0.3, -0.25) is 4.79 Å². The molecule has 0 saturated carbocycles. The van der Waals surface area contributed by atoms with Gasteiger partial charge < -0.3 is 20.6 Å². The summed E-state index contributed by atoms with van der Waals surface area (Å²) in [6.07, 6.45) is 1.47. The number of aromatic amines is 1. The lowest BCUT2D eigenvalue weighted by molar-refractivity contribution is -0.137. The number of imidazole rings is 1. The average Bonchev–Trinajstić information content (AvgIpc) is 2.88. The molecule has 2 aromatic rings. The van der Waals surface area contributed by atoms with Gasteiger partial charge in [-0.25, -0.2) is 4.98 Å². The number of carboxylic acids is 1. The summed E-state index contributed by atoms with van der Waals surface area (Å²) in [7, 11) is 1.60. The van der Waals surface area contributed by atoms with Crippen LogP contribution in [-0.2, 0) is 4.79 Å². The quantitative estimate of drug-likeness (QED) is 0.758. The molecule has 0 fully saturated rings. The molecule has 4 N–H and O–H groups in total. The van der Waals surface area contributed by atoms with Crippen molar-refractivity contribution in [3.63, 3.8) is 0 Å². The second kappa shape index (κ2) is 5.53. The fraction of sp³-hybridized carbons (Fsp3) is 0.231. The Labute approximate surface area is 110 Å². The summed E-state index contributed by atoms with van der Waals surface area (Å²) in [6.45, 7) is 0. The highest BCUT2D eigenvalue weighted by Crippen LogP contribution is 2.23. The molecule has 0 spiro atoms. The molecule has 6 nitrogen and oxygen atoms in total. The van der Waals surface area contributed by atoms with Gasteiger partial charge in [-0.2, -0.15) is 0 Å². The highest BCUT2D eigenvalue weighted by atomic mass is 16.5. The Balaban J connectivity index is 2.22. The Morgan fingerprint density at radius 1 is 1.58 bits per heavy atom. The van der Waals surface area contributed by atoms with Gasteiger partial charge in [0.25, 0.3) is 0 Å². The van der Waals surface area contributed by atoms with Crippen molar-refractivity contribution < 1.29 is 14.6 Å². The molecule has 6 heteroatoms. The van der Waals surface area contributed by atoms with Gasteiger partial charge in [0.15, 0.2) is 0 Å². The Morgan fingerprint density at radius 2 is 2.37 bits per heavy atom. The topological polar surface area (TPSA) is 101 Å². The number of hydrogen-bond donors (Lipinski definition) is 3. The molecule has 19 heavy (non-hydrogen) atoms. The molecule has 1 aromatic carbocycles. The fourth-order valence-electron chi connectivity index (χ4n) is 1.75. The maximum atomic E-state index is 10.6. The lowest BCUT2D eigenvalue weighted by Gasteiger charge is -2.05. The first-order chi connectivity index (χ1) is 9.10. The van der Waals surface area contributed by atoms with Gasteiger partial charge in [0.05, 0.1) is 31.5 Å². The second-order valence-electron chi connectivity index (χ2n) is 4.12. The molecule has 0 bridgehead atoms. The van der Waals surface area contributed by atoms with E-state index >= 15 is 0 Å². The van der Waals surface area contributed by atoms with Crippen molar-refractivity contribution in [2.45, 2.75) is 12.5 Å². The van der Waals surface area contributed by atoms with Crippen molar-refractivity contribution in [3.05, 3.63) is 36.3 Å². The number of nitrogens with one attached hydrogen (secondary N) is 1. The molecule has 100 valence electrons. The smallest absolute Gasteiger partial charge is 0.305 e. The van der Waals surface area contributed by atoms with Crippen LogP contribution in [0, 0.1) is 0 Å². The highest BCUT2D eigenvalue weighted by Gasteiger charge is 2.14. The van der Waals surface area contributed by atoms with E-state index in [2.05, 4.69) is 9.97 Å². The minimum absolute atomic E-state index is 0.162. The number of benzene rings is 1. The summed E-state index contributed by atoms with van der Waals surface area (Å²) in [5.41, 5.74) is 7.42. The summed E-state index contributed by atoms with van der Waals surface area (Å²) >= 11 is 0. The standard InChI is InChI=1S/C13H15N3O3/c1-19-9-4-2-3-8(5-9)11-7-15-13(16-11)10(14)6-12(17)18/h2-5,7,10H,6,14H2,1H3,(H,15,16)(H,17,18). The number of rotatable bonds is 5. The minimum Gasteiger partial charge on any atom is -0.497 e. The second-order valence-corrected chi connectivity index (χ2v) is 4.12. The van der Waals surface area contributed by atoms with E-state index in [4.69, 9.17) is 15.6 Å². The first-order valence-corrected chi connectivity index (χ1v) is 5.77. The van der Waals surface area contributed by atoms with Crippen LogP contribution in [-0.4, -0.2) is 28.2 Å². The lowest BCUT2D eigenvalue weighted by atomic mass is 10.1. The molecule has 2 rings (SSSR count). The van der Waals surface area contributed by atoms with Crippen molar-refractivity contribution in [2.75, 3.05) is 7.11 Å². The summed E-state index contributed by atoms with van der Waals surface area (Å²) in [6, 6.07) is 6.84. The predicted octanol–water partition coefficient (Wildman–Crippen LogP) is 1.56. The molecule has 0 radical (unpaired) electrons. The van der Waals surface area contributed by atoms with Gasteiger partial charge in [0.2, 0.25) is 0 Å². The van der Waals surface area contributed by atoms with Crippen LogP contribution in [0.5, 0.6) is 5.75 Å². The van der Waals surface area contributed by atoms with Crippen LogP contribution in [0.25, 0.3) is 11.3 Å². The molecule has 1 heterocycles. The number of aromatic nitrogens is 2. The molecule has 0 amide bonds. The van der Waals surface area contributed by atoms with E-state index < -0.39 is 12.0 Å². The molecule has 0 aliphatic rings. The summed E-state index contributed by atoms with van der Waals surface area (Å²) in [5, 5.41) is 8.70. The number of nitrogens with two attached hydrogens (primary N) is 1. The SMILES string of the molecule is COc1cccc(-c2cnc(C(N)CC(=O)O)[nH]2)c1. The normalized spacial score (nSPS) is 12.1. The summed E-state index contributed by atoms with van der Waals surface area (Å²) in [5.74, 6) is 0.246. The Hall–Kier alpha value is -2.34. The lowest BCUT2D eigenvalue weighted by Crippen LogP contribution is -2.16. The number of H-pyrrole nitrogens is 1.